The number of hydrogen-bond donors (Lipinski definition) is 1. The molecule has 0 aliphatic heterocycles. The molecule has 0 spiro atoms. The summed E-state index contributed by atoms with van der Waals surface area (Å²) in [4.78, 5) is 10.8. The molecule has 0 aliphatic carbocycles. The second kappa shape index (κ2) is 6.79. The monoisotopic (exact) mass is 303 g/mol. The molecule has 0 bridgehead atoms. The molecule has 0 saturated heterocycles. The third-order valence-corrected chi connectivity index (χ3v) is 3.72. The van der Waals surface area contributed by atoms with Gasteiger partial charge in [0.05, 0.1) is 6.04 Å². The van der Waals surface area contributed by atoms with Crippen LogP contribution >= 0.6 is 0 Å². The van der Waals surface area contributed by atoms with Crippen molar-refractivity contribution in [2.45, 2.75) is 6.04 Å². The fraction of sp³-hybridized carbons (Fsp3) is 0.0500. The first-order chi connectivity index (χ1) is 11.3. The van der Waals surface area contributed by atoms with Crippen LogP contribution in [0.1, 0.15) is 22.9 Å². The van der Waals surface area contributed by atoms with E-state index in [9.17, 15) is 4.79 Å². The molecule has 3 rings (SSSR count). The Morgan fingerprint density at radius 1 is 0.870 bits per heavy atom. The van der Waals surface area contributed by atoms with E-state index in [-0.39, 0.29) is 6.04 Å². The summed E-state index contributed by atoms with van der Waals surface area (Å²) in [5, 5.41) is 8.88. The van der Waals surface area contributed by atoms with Gasteiger partial charge in [-0.1, -0.05) is 60.7 Å². The minimum absolute atomic E-state index is 0.000782. The molecule has 0 radical (unpaired) electrons. The molecule has 1 heterocycles. The first-order valence-electron chi connectivity index (χ1n) is 7.43. The summed E-state index contributed by atoms with van der Waals surface area (Å²) in [5.41, 5.74) is 3.16. The topological polar surface area (TPSA) is 42.2 Å². The molecule has 1 N–H and O–H groups in total. The van der Waals surface area contributed by atoms with Crippen molar-refractivity contribution < 1.29 is 9.90 Å². The smallest absolute Gasteiger partial charge is 0.328 e. The number of nitrogens with zero attached hydrogens (tertiary/aromatic N) is 1. The summed E-state index contributed by atoms with van der Waals surface area (Å²) < 4.78 is 2.09. The second-order valence-corrected chi connectivity index (χ2v) is 5.24. The van der Waals surface area contributed by atoms with Crippen LogP contribution in [0.25, 0.3) is 6.08 Å². The van der Waals surface area contributed by atoms with Crippen LogP contribution in [0.3, 0.4) is 0 Å². The molecule has 0 saturated carbocycles. The summed E-state index contributed by atoms with van der Waals surface area (Å²) in [6.07, 6.45) is 4.77. The molecule has 2 aromatic carbocycles. The highest BCUT2D eigenvalue weighted by Gasteiger charge is 2.17. The zero-order chi connectivity index (χ0) is 16.1. The second-order valence-electron chi connectivity index (χ2n) is 5.24. The molecule has 0 amide bonds. The standard InChI is InChI=1S/C20H17NO2/c22-19(23)14-13-18-12-7-15-21(18)20(16-8-3-1-4-9-16)17-10-5-2-6-11-17/h1-15,20H,(H,22,23)/b14-13+. The lowest BCUT2D eigenvalue weighted by Gasteiger charge is -2.22. The first-order valence-corrected chi connectivity index (χ1v) is 7.43. The van der Waals surface area contributed by atoms with Gasteiger partial charge in [-0.2, -0.15) is 0 Å². The van der Waals surface area contributed by atoms with Gasteiger partial charge in [0.15, 0.2) is 0 Å². The lowest BCUT2D eigenvalue weighted by atomic mass is 9.98. The summed E-state index contributed by atoms with van der Waals surface area (Å²) in [7, 11) is 0. The Hall–Kier alpha value is -3.07. The van der Waals surface area contributed by atoms with Gasteiger partial charge in [0.1, 0.15) is 0 Å². The highest BCUT2D eigenvalue weighted by molar-refractivity contribution is 5.85. The lowest BCUT2D eigenvalue weighted by Crippen LogP contribution is -2.12. The molecular weight excluding hydrogens is 286 g/mol. The highest BCUT2D eigenvalue weighted by atomic mass is 16.4. The summed E-state index contributed by atoms with van der Waals surface area (Å²) in [6.45, 7) is 0. The average molecular weight is 303 g/mol. The third kappa shape index (κ3) is 3.40. The number of benzene rings is 2. The number of hydrogen-bond acceptors (Lipinski definition) is 1. The molecule has 23 heavy (non-hydrogen) atoms. The minimum Gasteiger partial charge on any atom is -0.478 e. The van der Waals surface area contributed by atoms with Gasteiger partial charge in [-0.25, -0.2) is 4.79 Å². The van der Waals surface area contributed by atoms with Crippen LogP contribution in [-0.2, 0) is 4.79 Å². The quantitative estimate of drug-likeness (QED) is 0.717. The Labute approximate surface area is 135 Å². The maximum Gasteiger partial charge on any atom is 0.328 e. The summed E-state index contributed by atoms with van der Waals surface area (Å²) >= 11 is 0. The van der Waals surface area contributed by atoms with Crippen LogP contribution in [0.15, 0.2) is 85.1 Å². The Morgan fingerprint density at radius 3 is 1.96 bits per heavy atom. The van der Waals surface area contributed by atoms with Gasteiger partial charge in [0.25, 0.3) is 0 Å². The fourth-order valence-corrected chi connectivity index (χ4v) is 2.72. The van der Waals surface area contributed by atoms with Crippen molar-refractivity contribution in [2.75, 3.05) is 0 Å². The predicted molar refractivity (Wildman–Crippen MR) is 91.2 cm³/mol. The normalized spacial score (nSPS) is 11.2. The largest absolute Gasteiger partial charge is 0.478 e. The maximum absolute atomic E-state index is 10.8. The molecule has 114 valence electrons. The van der Waals surface area contributed by atoms with E-state index in [1.54, 1.807) is 6.08 Å². The van der Waals surface area contributed by atoms with Gasteiger partial charge in [0, 0.05) is 18.0 Å². The molecular formula is C20H17NO2. The van der Waals surface area contributed by atoms with E-state index in [1.807, 2.05) is 54.7 Å². The first kappa shape index (κ1) is 14.9. The van der Waals surface area contributed by atoms with Gasteiger partial charge in [-0.15, -0.1) is 0 Å². The van der Waals surface area contributed by atoms with Crippen LogP contribution in [-0.4, -0.2) is 15.6 Å². The summed E-state index contributed by atoms with van der Waals surface area (Å²) in [5.74, 6) is -0.950. The van der Waals surface area contributed by atoms with Gasteiger partial charge in [0.2, 0.25) is 0 Å². The number of rotatable bonds is 5. The molecule has 3 aromatic rings. The van der Waals surface area contributed by atoms with Crippen LogP contribution in [0.2, 0.25) is 0 Å². The minimum atomic E-state index is -0.950. The van der Waals surface area contributed by atoms with Gasteiger partial charge in [-0.05, 0) is 29.3 Å². The molecule has 0 unspecified atom stereocenters. The van der Waals surface area contributed by atoms with E-state index >= 15 is 0 Å². The van der Waals surface area contributed by atoms with Crippen molar-refractivity contribution >= 4 is 12.0 Å². The van der Waals surface area contributed by atoms with Crippen molar-refractivity contribution in [3.63, 3.8) is 0 Å². The van der Waals surface area contributed by atoms with E-state index in [0.29, 0.717) is 0 Å². The number of aromatic nitrogens is 1. The zero-order valence-electron chi connectivity index (χ0n) is 12.5. The Balaban J connectivity index is 2.11. The van der Waals surface area contributed by atoms with Gasteiger partial charge < -0.3 is 9.67 Å². The van der Waals surface area contributed by atoms with E-state index in [0.717, 1.165) is 16.8 Å². The van der Waals surface area contributed by atoms with Crippen molar-refractivity contribution in [1.82, 2.24) is 4.57 Å². The highest BCUT2D eigenvalue weighted by Crippen LogP contribution is 2.28. The van der Waals surface area contributed by atoms with Crippen molar-refractivity contribution in [3.8, 4) is 0 Å². The molecule has 3 heteroatoms. The molecule has 0 aliphatic rings. The Bertz CT molecular complexity index is 764. The molecule has 0 fully saturated rings. The van der Waals surface area contributed by atoms with E-state index in [2.05, 4.69) is 28.8 Å². The predicted octanol–water partition coefficient (Wildman–Crippen LogP) is 4.22. The molecule has 3 nitrogen and oxygen atoms in total. The molecule has 1 aromatic heterocycles. The lowest BCUT2D eigenvalue weighted by molar-refractivity contribution is -0.131. The van der Waals surface area contributed by atoms with Gasteiger partial charge >= 0.3 is 5.97 Å². The SMILES string of the molecule is O=C(O)/C=C/c1cccn1C(c1ccccc1)c1ccccc1. The Kier molecular flexibility index (Phi) is 4.39. The number of carbonyl (C=O) groups is 1. The number of carboxylic acids is 1. The van der Waals surface area contributed by atoms with Crippen LogP contribution in [0.5, 0.6) is 0 Å². The fourth-order valence-electron chi connectivity index (χ4n) is 2.72. The Morgan fingerprint density at radius 2 is 1.43 bits per heavy atom. The van der Waals surface area contributed by atoms with E-state index in [1.165, 1.54) is 6.08 Å². The van der Waals surface area contributed by atoms with E-state index < -0.39 is 5.97 Å². The van der Waals surface area contributed by atoms with Gasteiger partial charge in [-0.3, -0.25) is 0 Å². The maximum atomic E-state index is 10.8. The summed E-state index contributed by atoms with van der Waals surface area (Å²) in [6, 6.07) is 24.2. The van der Waals surface area contributed by atoms with Crippen molar-refractivity contribution in [1.29, 1.82) is 0 Å². The average Bonchev–Trinajstić information content (AvgIpc) is 3.03. The number of aliphatic carboxylic acids is 1. The zero-order valence-corrected chi connectivity index (χ0v) is 12.5. The molecule has 0 atom stereocenters. The van der Waals surface area contributed by atoms with Crippen molar-refractivity contribution in [3.05, 3.63) is 102 Å². The van der Waals surface area contributed by atoms with Crippen LogP contribution in [0.4, 0.5) is 0 Å². The van der Waals surface area contributed by atoms with E-state index in [4.69, 9.17) is 5.11 Å². The third-order valence-electron chi connectivity index (χ3n) is 3.72. The van der Waals surface area contributed by atoms with Crippen LogP contribution < -0.4 is 0 Å². The van der Waals surface area contributed by atoms with Crippen LogP contribution in [0, 0.1) is 0 Å². The van der Waals surface area contributed by atoms with Crippen molar-refractivity contribution in [2.24, 2.45) is 0 Å². The number of carboxylic acid groups (broad SMARTS) is 1.